The zero-order valence-corrected chi connectivity index (χ0v) is 9.25. The van der Waals surface area contributed by atoms with Crippen LogP contribution in [0.5, 0.6) is 0 Å². The van der Waals surface area contributed by atoms with E-state index in [1.807, 2.05) is 6.33 Å². The lowest BCUT2D eigenvalue weighted by Gasteiger charge is -2.20. The highest BCUT2D eigenvalue weighted by atomic mass is 15.1. The summed E-state index contributed by atoms with van der Waals surface area (Å²) in [5.41, 5.74) is 1.33. The average Bonchev–Trinajstić information content (AvgIpc) is 2.73. The summed E-state index contributed by atoms with van der Waals surface area (Å²) in [6, 6.07) is 0.485. The lowest BCUT2D eigenvalue weighted by Crippen LogP contribution is -2.20. The van der Waals surface area contributed by atoms with Gasteiger partial charge in [-0.25, -0.2) is 4.98 Å². The third kappa shape index (κ3) is 1.82. The van der Waals surface area contributed by atoms with Crippen LogP contribution < -0.4 is 5.32 Å². The van der Waals surface area contributed by atoms with E-state index in [2.05, 4.69) is 41.8 Å². The fourth-order valence-corrected chi connectivity index (χ4v) is 1.82. The number of hydrogen-bond donors (Lipinski definition) is 1. The van der Waals surface area contributed by atoms with Crippen LogP contribution in [0.1, 0.15) is 45.3 Å². The quantitative estimate of drug-likeness (QED) is 0.740. The predicted octanol–water partition coefficient (Wildman–Crippen LogP) is 2.06. The second-order valence-electron chi connectivity index (χ2n) is 5.03. The molecule has 0 amide bonds. The van der Waals surface area contributed by atoms with Crippen molar-refractivity contribution >= 4 is 0 Å². The van der Waals surface area contributed by atoms with Gasteiger partial charge in [0.05, 0.1) is 18.1 Å². The zero-order valence-electron chi connectivity index (χ0n) is 9.25. The van der Waals surface area contributed by atoms with E-state index >= 15 is 0 Å². The summed E-state index contributed by atoms with van der Waals surface area (Å²) in [5, 5.41) is 3.46. The summed E-state index contributed by atoms with van der Waals surface area (Å²) in [5.74, 6) is 0. The van der Waals surface area contributed by atoms with Crippen LogP contribution >= 0.6 is 0 Å². The van der Waals surface area contributed by atoms with E-state index in [1.54, 1.807) is 0 Å². The Morgan fingerprint density at radius 2 is 2.29 bits per heavy atom. The van der Waals surface area contributed by atoms with Crippen LogP contribution in [-0.4, -0.2) is 16.1 Å². The molecule has 1 saturated heterocycles. The molecule has 2 heterocycles. The SMILES string of the molecule is CC(C)(C)n1cnc([C@@H]2CCCN2)c1. The summed E-state index contributed by atoms with van der Waals surface area (Å²) in [4.78, 5) is 4.47. The van der Waals surface area contributed by atoms with E-state index < -0.39 is 0 Å². The molecule has 0 unspecified atom stereocenters. The fourth-order valence-electron chi connectivity index (χ4n) is 1.82. The van der Waals surface area contributed by atoms with E-state index in [-0.39, 0.29) is 5.54 Å². The highest BCUT2D eigenvalue weighted by Crippen LogP contribution is 2.23. The van der Waals surface area contributed by atoms with Gasteiger partial charge < -0.3 is 9.88 Å². The molecule has 1 N–H and O–H groups in total. The minimum atomic E-state index is 0.143. The number of aromatic nitrogens is 2. The van der Waals surface area contributed by atoms with E-state index in [9.17, 15) is 0 Å². The highest BCUT2D eigenvalue weighted by Gasteiger charge is 2.20. The molecular weight excluding hydrogens is 174 g/mol. The molecule has 1 aliphatic rings. The molecule has 0 spiro atoms. The van der Waals surface area contributed by atoms with Gasteiger partial charge in [0.25, 0.3) is 0 Å². The van der Waals surface area contributed by atoms with Crippen molar-refractivity contribution in [2.24, 2.45) is 0 Å². The van der Waals surface area contributed by atoms with Crippen molar-refractivity contribution in [2.45, 2.75) is 45.2 Å². The van der Waals surface area contributed by atoms with Gasteiger partial charge >= 0.3 is 0 Å². The lowest BCUT2D eigenvalue weighted by molar-refractivity contribution is 0.395. The molecule has 0 saturated carbocycles. The molecule has 2 rings (SSSR count). The van der Waals surface area contributed by atoms with Crippen molar-refractivity contribution in [1.82, 2.24) is 14.9 Å². The third-order valence-corrected chi connectivity index (χ3v) is 2.79. The van der Waals surface area contributed by atoms with Gasteiger partial charge in [0.15, 0.2) is 0 Å². The Hall–Kier alpha value is -0.830. The second-order valence-corrected chi connectivity index (χ2v) is 5.03. The van der Waals surface area contributed by atoms with Crippen LogP contribution in [0.25, 0.3) is 0 Å². The van der Waals surface area contributed by atoms with Gasteiger partial charge in [-0.05, 0) is 40.2 Å². The molecule has 14 heavy (non-hydrogen) atoms. The molecule has 0 radical (unpaired) electrons. The Balaban J connectivity index is 2.17. The van der Waals surface area contributed by atoms with Gasteiger partial charge in [-0.1, -0.05) is 0 Å². The van der Waals surface area contributed by atoms with Gasteiger partial charge in [0.1, 0.15) is 0 Å². The Kier molecular flexibility index (Phi) is 2.35. The monoisotopic (exact) mass is 193 g/mol. The van der Waals surface area contributed by atoms with Crippen molar-refractivity contribution in [3.63, 3.8) is 0 Å². The molecule has 0 aromatic carbocycles. The molecule has 1 aromatic rings. The van der Waals surface area contributed by atoms with Crippen molar-refractivity contribution in [1.29, 1.82) is 0 Å². The van der Waals surface area contributed by atoms with E-state index in [0.717, 1.165) is 6.54 Å². The third-order valence-electron chi connectivity index (χ3n) is 2.79. The first-order valence-corrected chi connectivity index (χ1v) is 5.35. The summed E-state index contributed by atoms with van der Waals surface area (Å²) < 4.78 is 2.18. The van der Waals surface area contributed by atoms with E-state index in [1.165, 1.54) is 18.5 Å². The Labute approximate surface area is 85.5 Å². The number of hydrogen-bond acceptors (Lipinski definition) is 2. The number of nitrogens with zero attached hydrogens (tertiary/aromatic N) is 2. The number of imidazole rings is 1. The molecule has 3 heteroatoms. The number of nitrogens with one attached hydrogen (secondary N) is 1. The Morgan fingerprint density at radius 3 is 2.79 bits per heavy atom. The largest absolute Gasteiger partial charge is 0.332 e. The zero-order chi connectivity index (χ0) is 10.2. The maximum absolute atomic E-state index is 4.47. The molecule has 1 fully saturated rings. The molecule has 1 aliphatic heterocycles. The molecule has 78 valence electrons. The Bertz CT molecular complexity index is 303. The van der Waals surface area contributed by atoms with Crippen molar-refractivity contribution in [2.75, 3.05) is 6.54 Å². The van der Waals surface area contributed by atoms with Crippen LogP contribution in [0, 0.1) is 0 Å². The van der Waals surface area contributed by atoms with Gasteiger partial charge in [-0.2, -0.15) is 0 Å². The second kappa shape index (κ2) is 3.39. The smallest absolute Gasteiger partial charge is 0.0955 e. The molecular formula is C11H19N3. The first kappa shape index (κ1) is 9.71. The highest BCUT2D eigenvalue weighted by molar-refractivity contribution is 5.07. The topological polar surface area (TPSA) is 29.9 Å². The van der Waals surface area contributed by atoms with E-state index in [4.69, 9.17) is 0 Å². The molecule has 3 nitrogen and oxygen atoms in total. The van der Waals surface area contributed by atoms with Crippen LogP contribution in [-0.2, 0) is 5.54 Å². The standard InChI is InChI=1S/C11H19N3/c1-11(2,3)14-7-10(13-8-14)9-5-4-6-12-9/h7-9,12H,4-6H2,1-3H3/t9-/m0/s1. The average molecular weight is 193 g/mol. The maximum atomic E-state index is 4.47. The number of rotatable bonds is 1. The Morgan fingerprint density at radius 1 is 1.50 bits per heavy atom. The summed E-state index contributed by atoms with van der Waals surface area (Å²) >= 11 is 0. The molecule has 1 aromatic heterocycles. The van der Waals surface area contributed by atoms with Crippen molar-refractivity contribution < 1.29 is 0 Å². The first-order valence-electron chi connectivity index (χ1n) is 5.35. The predicted molar refractivity (Wildman–Crippen MR) is 57.2 cm³/mol. The van der Waals surface area contributed by atoms with Gasteiger partial charge in [0, 0.05) is 11.7 Å². The lowest BCUT2D eigenvalue weighted by atomic mass is 10.1. The van der Waals surface area contributed by atoms with Crippen molar-refractivity contribution in [3.8, 4) is 0 Å². The van der Waals surface area contributed by atoms with Gasteiger partial charge in [-0.15, -0.1) is 0 Å². The van der Waals surface area contributed by atoms with E-state index in [0.29, 0.717) is 6.04 Å². The first-order chi connectivity index (χ1) is 6.57. The maximum Gasteiger partial charge on any atom is 0.0955 e. The summed E-state index contributed by atoms with van der Waals surface area (Å²) in [7, 11) is 0. The normalized spacial score (nSPS) is 22.9. The van der Waals surface area contributed by atoms with Gasteiger partial charge in [-0.3, -0.25) is 0 Å². The van der Waals surface area contributed by atoms with Crippen molar-refractivity contribution in [3.05, 3.63) is 18.2 Å². The van der Waals surface area contributed by atoms with Crippen LogP contribution in [0.15, 0.2) is 12.5 Å². The van der Waals surface area contributed by atoms with Crippen LogP contribution in [0.2, 0.25) is 0 Å². The van der Waals surface area contributed by atoms with Crippen LogP contribution in [0.4, 0.5) is 0 Å². The van der Waals surface area contributed by atoms with Crippen LogP contribution in [0.3, 0.4) is 0 Å². The minimum absolute atomic E-state index is 0.143. The minimum Gasteiger partial charge on any atom is -0.332 e. The van der Waals surface area contributed by atoms with Gasteiger partial charge in [0.2, 0.25) is 0 Å². The molecule has 1 atom stereocenters. The summed E-state index contributed by atoms with van der Waals surface area (Å²) in [6.07, 6.45) is 6.60. The summed E-state index contributed by atoms with van der Waals surface area (Å²) in [6.45, 7) is 7.72. The fraction of sp³-hybridized carbons (Fsp3) is 0.727. The molecule has 0 bridgehead atoms. The molecule has 0 aliphatic carbocycles.